The van der Waals surface area contributed by atoms with E-state index in [0.717, 1.165) is 30.4 Å². The molecule has 0 aromatic heterocycles. The van der Waals surface area contributed by atoms with Crippen molar-refractivity contribution in [2.75, 3.05) is 18.4 Å². The fraction of sp³-hybridized carbons (Fsp3) is 0.364. The van der Waals surface area contributed by atoms with Crippen LogP contribution in [0.2, 0.25) is 0 Å². The van der Waals surface area contributed by atoms with Crippen LogP contribution in [-0.2, 0) is 27.7 Å². The monoisotopic (exact) mass is 411 g/mol. The minimum Gasteiger partial charge on any atom is -0.326 e. The molecule has 29 heavy (non-hydrogen) atoms. The zero-order chi connectivity index (χ0) is 20.7. The Morgan fingerprint density at radius 2 is 1.59 bits per heavy atom. The quantitative estimate of drug-likeness (QED) is 0.755. The number of nitrogens with one attached hydrogen (secondary N) is 1. The Hall–Kier alpha value is -2.69. The molecule has 0 spiro atoms. The van der Waals surface area contributed by atoms with Crippen LogP contribution in [0.15, 0.2) is 53.4 Å². The number of rotatable bonds is 7. The third-order valence-corrected chi connectivity index (χ3v) is 6.95. The average molecular weight is 412 g/mol. The second-order valence-electron chi connectivity index (χ2n) is 7.19. The Bertz CT molecular complexity index is 971. The van der Waals surface area contributed by atoms with Crippen LogP contribution in [0, 0.1) is 11.3 Å². The van der Waals surface area contributed by atoms with Gasteiger partial charge in [-0.1, -0.05) is 30.7 Å². The lowest BCUT2D eigenvalue weighted by Gasteiger charge is -2.25. The molecule has 1 heterocycles. The molecule has 6 nitrogen and oxygen atoms in total. The van der Waals surface area contributed by atoms with Crippen molar-refractivity contribution in [1.82, 2.24) is 4.31 Å². The highest BCUT2D eigenvalue weighted by atomic mass is 32.2. The highest BCUT2D eigenvalue weighted by Gasteiger charge is 2.25. The fourth-order valence-corrected chi connectivity index (χ4v) is 4.88. The highest BCUT2D eigenvalue weighted by molar-refractivity contribution is 7.89. The number of anilines is 1. The van der Waals surface area contributed by atoms with Gasteiger partial charge in [0.05, 0.1) is 17.4 Å². The summed E-state index contributed by atoms with van der Waals surface area (Å²) >= 11 is 0. The number of hydrogen-bond acceptors (Lipinski definition) is 4. The molecule has 7 heteroatoms. The summed E-state index contributed by atoms with van der Waals surface area (Å²) in [5.74, 6) is -0.108. The number of carbonyl (C=O) groups is 1. The van der Waals surface area contributed by atoms with E-state index >= 15 is 0 Å². The number of nitrogens with zero attached hydrogens (tertiary/aromatic N) is 2. The van der Waals surface area contributed by atoms with Crippen LogP contribution in [0.25, 0.3) is 0 Å². The Morgan fingerprint density at radius 3 is 2.21 bits per heavy atom. The van der Waals surface area contributed by atoms with Gasteiger partial charge in [0.2, 0.25) is 15.9 Å². The number of carbonyl (C=O) groups excluding carboxylic acids is 1. The van der Waals surface area contributed by atoms with Crippen LogP contribution < -0.4 is 5.32 Å². The van der Waals surface area contributed by atoms with Gasteiger partial charge in [0.1, 0.15) is 0 Å². The molecule has 0 atom stereocenters. The molecule has 2 aromatic carbocycles. The first-order valence-electron chi connectivity index (χ1n) is 9.84. The second-order valence-corrected chi connectivity index (χ2v) is 9.13. The van der Waals surface area contributed by atoms with Crippen LogP contribution in [0.3, 0.4) is 0 Å². The molecule has 2 aromatic rings. The molecule has 1 aliphatic heterocycles. The summed E-state index contributed by atoms with van der Waals surface area (Å²) in [6.45, 7) is 1.17. The van der Waals surface area contributed by atoms with E-state index in [2.05, 4.69) is 11.4 Å². The predicted molar refractivity (Wildman–Crippen MR) is 112 cm³/mol. The molecule has 1 N–H and O–H groups in total. The van der Waals surface area contributed by atoms with E-state index in [0.29, 0.717) is 42.9 Å². The number of nitriles is 1. The summed E-state index contributed by atoms with van der Waals surface area (Å²) in [5.41, 5.74) is 2.52. The lowest BCUT2D eigenvalue weighted by Crippen LogP contribution is -2.35. The Balaban J connectivity index is 1.53. The average Bonchev–Trinajstić information content (AvgIpc) is 2.75. The largest absolute Gasteiger partial charge is 0.326 e. The number of amides is 1. The number of hydrogen-bond donors (Lipinski definition) is 1. The van der Waals surface area contributed by atoms with E-state index in [1.54, 1.807) is 40.7 Å². The third kappa shape index (κ3) is 5.66. The van der Waals surface area contributed by atoms with Gasteiger partial charge in [-0.05, 0) is 54.7 Å². The minimum atomic E-state index is -3.42. The van der Waals surface area contributed by atoms with E-state index in [9.17, 15) is 13.2 Å². The first-order valence-corrected chi connectivity index (χ1v) is 11.3. The van der Waals surface area contributed by atoms with Crippen LogP contribution in [-0.4, -0.2) is 31.7 Å². The molecule has 3 rings (SSSR count). The van der Waals surface area contributed by atoms with E-state index in [1.165, 1.54) is 0 Å². The zero-order valence-electron chi connectivity index (χ0n) is 16.3. The molecule has 1 amide bonds. The first kappa shape index (κ1) is 21.0. The molecule has 0 saturated carbocycles. The van der Waals surface area contributed by atoms with Crippen molar-refractivity contribution < 1.29 is 13.2 Å². The molecule has 0 aliphatic carbocycles. The van der Waals surface area contributed by atoms with Crippen molar-refractivity contribution in [1.29, 1.82) is 5.26 Å². The lowest BCUT2D eigenvalue weighted by atomic mass is 10.1. The number of aryl methyl sites for hydroxylation is 1. The van der Waals surface area contributed by atoms with Crippen molar-refractivity contribution in [2.24, 2.45) is 0 Å². The Labute approximate surface area is 172 Å². The van der Waals surface area contributed by atoms with Crippen LogP contribution in [0.5, 0.6) is 0 Å². The van der Waals surface area contributed by atoms with Crippen LogP contribution in [0.1, 0.15) is 36.8 Å². The van der Waals surface area contributed by atoms with E-state index in [-0.39, 0.29) is 5.91 Å². The topological polar surface area (TPSA) is 90.3 Å². The van der Waals surface area contributed by atoms with Crippen molar-refractivity contribution in [2.45, 2.75) is 43.4 Å². The molecular weight excluding hydrogens is 386 g/mol. The van der Waals surface area contributed by atoms with Gasteiger partial charge in [-0.3, -0.25) is 4.79 Å². The fourth-order valence-electron chi connectivity index (χ4n) is 3.36. The Morgan fingerprint density at radius 1 is 0.966 bits per heavy atom. The van der Waals surface area contributed by atoms with Crippen molar-refractivity contribution >= 4 is 21.6 Å². The van der Waals surface area contributed by atoms with Gasteiger partial charge >= 0.3 is 0 Å². The molecule has 152 valence electrons. The molecule has 0 bridgehead atoms. The highest BCUT2D eigenvalue weighted by Crippen LogP contribution is 2.21. The summed E-state index contributed by atoms with van der Waals surface area (Å²) in [6, 6.07) is 16.1. The smallest absolute Gasteiger partial charge is 0.243 e. The van der Waals surface area contributed by atoms with Gasteiger partial charge in [-0.25, -0.2) is 8.42 Å². The molecule has 1 aliphatic rings. The minimum absolute atomic E-state index is 0.108. The van der Waals surface area contributed by atoms with Crippen molar-refractivity contribution in [3.8, 4) is 6.07 Å². The van der Waals surface area contributed by atoms with Gasteiger partial charge in [0, 0.05) is 25.2 Å². The van der Waals surface area contributed by atoms with Gasteiger partial charge in [0.15, 0.2) is 0 Å². The Kier molecular flexibility index (Phi) is 7.02. The SMILES string of the molecule is N#CCc1ccc(NC(=O)CCc2ccc(S(=O)(=O)N3CCCCC3)cc2)cc1. The van der Waals surface area contributed by atoms with Gasteiger partial charge in [0.25, 0.3) is 0 Å². The normalized spacial score (nSPS) is 14.9. The maximum atomic E-state index is 12.7. The summed E-state index contributed by atoms with van der Waals surface area (Å²) in [7, 11) is -3.42. The second kappa shape index (κ2) is 9.68. The predicted octanol–water partition coefficient (Wildman–Crippen LogP) is 3.50. The molecule has 0 radical (unpaired) electrons. The lowest BCUT2D eigenvalue weighted by molar-refractivity contribution is -0.116. The van der Waals surface area contributed by atoms with Crippen LogP contribution in [0.4, 0.5) is 5.69 Å². The van der Waals surface area contributed by atoms with Crippen molar-refractivity contribution in [3.05, 3.63) is 59.7 Å². The first-order chi connectivity index (χ1) is 14.0. The summed E-state index contributed by atoms with van der Waals surface area (Å²) in [4.78, 5) is 12.5. The molecule has 1 fully saturated rings. The zero-order valence-corrected chi connectivity index (χ0v) is 17.1. The maximum absolute atomic E-state index is 12.7. The summed E-state index contributed by atoms with van der Waals surface area (Å²) in [5, 5.41) is 11.5. The number of sulfonamides is 1. The van der Waals surface area contributed by atoms with E-state index < -0.39 is 10.0 Å². The third-order valence-electron chi connectivity index (χ3n) is 5.04. The summed E-state index contributed by atoms with van der Waals surface area (Å²) < 4.78 is 26.9. The molecule has 0 unspecified atom stereocenters. The van der Waals surface area contributed by atoms with Gasteiger partial charge in [-0.2, -0.15) is 9.57 Å². The summed E-state index contributed by atoms with van der Waals surface area (Å²) in [6.07, 6.45) is 4.08. The van der Waals surface area contributed by atoms with Gasteiger partial charge < -0.3 is 5.32 Å². The van der Waals surface area contributed by atoms with Crippen molar-refractivity contribution in [3.63, 3.8) is 0 Å². The van der Waals surface area contributed by atoms with E-state index in [4.69, 9.17) is 5.26 Å². The number of piperidine rings is 1. The van der Waals surface area contributed by atoms with E-state index in [1.807, 2.05) is 12.1 Å². The maximum Gasteiger partial charge on any atom is 0.243 e. The molecular formula is C22H25N3O3S. The number of benzene rings is 2. The molecule has 1 saturated heterocycles. The van der Waals surface area contributed by atoms with Crippen LogP contribution >= 0.6 is 0 Å². The standard InChI is InChI=1S/C22H25N3O3S/c23-15-14-19-4-9-20(10-5-19)24-22(26)13-8-18-6-11-21(12-7-18)29(27,28)25-16-2-1-3-17-25/h4-7,9-12H,1-3,8,13-14,16-17H2,(H,24,26). The van der Waals surface area contributed by atoms with Gasteiger partial charge in [-0.15, -0.1) is 0 Å².